The number of rotatable bonds is 6. The van der Waals surface area contributed by atoms with Gasteiger partial charge in [-0.2, -0.15) is 0 Å². The van der Waals surface area contributed by atoms with Crippen molar-refractivity contribution in [3.63, 3.8) is 0 Å². The van der Waals surface area contributed by atoms with E-state index < -0.39 is 0 Å². The molecule has 1 aromatic carbocycles. The van der Waals surface area contributed by atoms with Crippen molar-refractivity contribution < 1.29 is 4.79 Å². The molecule has 0 bridgehead atoms. The third-order valence-electron chi connectivity index (χ3n) is 3.64. The summed E-state index contributed by atoms with van der Waals surface area (Å²) in [6.45, 7) is 11.2. The van der Waals surface area contributed by atoms with Crippen molar-refractivity contribution in [3.05, 3.63) is 35.9 Å². The van der Waals surface area contributed by atoms with Crippen LogP contribution in [0.15, 0.2) is 30.3 Å². The first-order chi connectivity index (χ1) is 8.49. The van der Waals surface area contributed by atoms with E-state index in [1.54, 1.807) is 6.92 Å². The number of ketones is 1. The first-order valence-corrected chi connectivity index (χ1v) is 6.80. The van der Waals surface area contributed by atoms with Gasteiger partial charge in [0.05, 0.1) is 0 Å². The van der Waals surface area contributed by atoms with Gasteiger partial charge in [0.25, 0.3) is 0 Å². The van der Waals surface area contributed by atoms with Gasteiger partial charge in [-0.3, -0.25) is 9.69 Å². The minimum absolute atomic E-state index is 0.0229. The first kappa shape index (κ1) is 14.9. The number of nitrogens with zero attached hydrogens (tertiary/aromatic N) is 1. The van der Waals surface area contributed by atoms with E-state index in [0.717, 1.165) is 6.54 Å². The standard InChI is InChI=1S/C16H25NO/c1-6-17(12(2)3)16(13(4)14(5)18)15-10-8-7-9-11-15/h7-13,16H,6H2,1-5H3. The zero-order valence-electron chi connectivity index (χ0n) is 12.2. The molecule has 0 aliphatic heterocycles. The van der Waals surface area contributed by atoms with E-state index in [2.05, 4.69) is 37.8 Å². The summed E-state index contributed by atoms with van der Waals surface area (Å²) in [4.78, 5) is 14.2. The summed E-state index contributed by atoms with van der Waals surface area (Å²) in [5, 5.41) is 0. The molecule has 2 unspecified atom stereocenters. The van der Waals surface area contributed by atoms with Gasteiger partial charge in [-0.1, -0.05) is 44.2 Å². The number of carbonyl (C=O) groups excluding carboxylic acids is 1. The first-order valence-electron chi connectivity index (χ1n) is 6.80. The summed E-state index contributed by atoms with van der Waals surface area (Å²) in [7, 11) is 0. The molecule has 0 heterocycles. The summed E-state index contributed by atoms with van der Waals surface area (Å²) in [5.41, 5.74) is 1.23. The number of benzene rings is 1. The lowest BCUT2D eigenvalue weighted by Crippen LogP contribution is -2.39. The highest BCUT2D eigenvalue weighted by atomic mass is 16.1. The molecule has 0 aromatic heterocycles. The molecule has 0 amide bonds. The Morgan fingerprint density at radius 3 is 2.11 bits per heavy atom. The third-order valence-corrected chi connectivity index (χ3v) is 3.64. The van der Waals surface area contributed by atoms with Crippen molar-refractivity contribution in [1.29, 1.82) is 0 Å². The average molecular weight is 247 g/mol. The fraction of sp³-hybridized carbons (Fsp3) is 0.562. The van der Waals surface area contributed by atoms with Gasteiger partial charge >= 0.3 is 0 Å². The zero-order valence-corrected chi connectivity index (χ0v) is 12.2. The van der Waals surface area contributed by atoms with Crippen LogP contribution in [0.3, 0.4) is 0 Å². The van der Waals surface area contributed by atoms with Crippen LogP contribution in [0.25, 0.3) is 0 Å². The number of Topliss-reactive ketones (excluding diaryl/α,β-unsaturated/α-hetero) is 1. The van der Waals surface area contributed by atoms with Crippen molar-refractivity contribution in [2.45, 2.75) is 46.7 Å². The lowest BCUT2D eigenvalue weighted by Gasteiger charge is -2.37. The predicted molar refractivity (Wildman–Crippen MR) is 76.5 cm³/mol. The molecule has 1 rings (SSSR count). The summed E-state index contributed by atoms with van der Waals surface area (Å²) in [5.74, 6) is 0.276. The Kier molecular flexibility index (Phi) is 5.54. The average Bonchev–Trinajstić information content (AvgIpc) is 2.35. The summed E-state index contributed by atoms with van der Waals surface area (Å²) < 4.78 is 0. The van der Waals surface area contributed by atoms with E-state index in [-0.39, 0.29) is 17.7 Å². The van der Waals surface area contributed by atoms with E-state index in [1.165, 1.54) is 5.56 Å². The molecule has 18 heavy (non-hydrogen) atoms. The van der Waals surface area contributed by atoms with Crippen LogP contribution in [0.2, 0.25) is 0 Å². The lowest BCUT2D eigenvalue weighted by atomic mass is 9.89. The second-order valence-corrected chi connectivity index (χ2v) is 5.18. The van der Waals surface area contributed by atoms with E-state index in [4.69, 9.17) is 0 Å². The third kappa shape index (κ3) is 3.42. The Balaban J connectivity index is 3.13. The highest BCUT2D eigenvalue weighted by molar-refractivity contribution is 5.78. The van der Waals surface area contributed by atoms with Gasteiger partial charge < -0.3 is 0 Å². The number of carbonyl (C=O) groups is 1. The number of hydrogen-bond donors (Lipinski definition) is 0. The van der Waals surface area contributed by atoms with Gasteiger partial charge in [-0.15, -0.1) is 0 Å². The van der Waals surface area contributed by atoms with E-state index in [0.29, 0.717) is 6.04 Å². The maximum Gasteiger partial charge on any atom is 0.134 e. The summed E-state index contributed by atoms with van der Waals surface area (Å²) in [6, 6.07) is 11.0. The molecule has 0 fully saturated rings. The van der Waals surface area contributed by atoms with Crippen LogP contribution in [0.4, 0.5) is 0 Å². The second kappa shape index (κ2) is 6.69. The molecule has 0 aliphatic carbocycles. The molecule has 2 atom stereocenters. The molecule has 0 aliphatic rings. The topological polar surface area (TPSA) is 20.3 Å². The molecule has 0 N–H and O–H groups in total. The maximum absolute atomic E-state index is 11.8. The Morgan fingerprint density at radius 1 is 1.17 bits per heavy atom. The van der Waals surface area contributed by atoms with Crippen LogP contribution in [-0.2, 0) is 4.79 Å². The van der Waals surface area contributed by atoms with Gasteiger partial charge in [0.15, 0.2) is 0 Å². The monoisotopic (exact) mass is 247 g/mol. The van der Waals surface area contributed by atoms with Crippen molar-refractivity contribution in [1.82, 2.24) is 4.90 Å². The second-order valence-electron chi connectivity index (χ2n) is 5.18. The normalized spacial score (nSPS) is 14.8. The van der Waals surface area contributed by atoms with Crippen molar-refractivity contribution in [2.24, 2.45) is 5.92 Å². The summed E-state index contributed by atoms with van der Waals surface area (Å²) in [6.07, 6.45) is 0. The molecule has 0 spiro atoms. The van der Waals surface area contributed by atoms with E-state index in [9.17, 15) is 4.79 Å². The smallest absolute Gasteiger partial charge is 0.134 e. The Labute approximate surface area is 111 Å². The zero-order chi connectivity index (χ0) is 13.7. The highest BCUT2D eigenvalue weighted by Crippen LogP contribution is 2.30. The highest BCUT2D eigenvalue weighted by Gasteiger charge is 2.29. The van der Waals surface area contributed by atoms with Gasteiger partial charge in [-0.25, -0.2) is 0 Å². The molecule has 2 nitrogen and oxygen atoms in total. The van der Waals surface area contributed by atoms with Crippen LogP contribution in [0, 0.1) is 5.92 Å². The minimum Gasteiger partial charge on any atom is -0.300 e. The quantitative estimate of drug-likeness (QED) is 0.764. The molecular weight excluding hydrogens is 222 g/mol. The predicted octanol–water partition coefficient (Wildman–Crippen LogP) is 3.68. The molecule has 0 radical (unpaired) electrons. The Hall–Kier alpha value is -1.15. The van der Waals surface area contributed by atoms with Crippen LogP contribution in [0.1, 0.15) is 46.2 Å². The molecule has 0 saturated carbocycles. The van der Waals surface area contributed by atoms with Crippen molar-refractivity contribution >= 4 is 5.78 Å². The largest absolute Gasteiger partial charge is 0.300 e. The Morgan fingerprint density at radius 2 is 1.72 bits per heavy atom. The molecule has 2 heteroatoms. The van der Waals surface area contributed by atoms with Crippen LogP contribution in [0.5, 0.6) is 0 Å². The van der Waals surface area contributed by atoms with E-state index >= 15 is 0 Å². The van der Waals surface area contributed by atoms with E-state index in [1.807, 2.05) is 25.1 Å². The van der Waals surface area contributed by atoms with Crippen LogP contribution < -0.4 is 0 Å². The Bertz CT molecular complexity index is 372. The minimum atomic E-state index is 0.0229. The van der Waals surface area contributed by atoms with Gasteiger partial charge in [0, 0.05) is 18.0 Å². The SMILES string of the molecule is CCN(C(C)C)C(c1ccccc1)C(C)C(C)=O. The maximum atomic E-state index is 11.8. The molecule has 100 valence electrons. The molecule has 0 saturated heterocycles. The van der Waals surface area contributed by atoms with Crippen molar-refractivity contribution in [3.8, 4) is 0 Å². The number of hydrogen-bond acceptors (Lipinski definition) is 2. The van der Waals surface area contributed by atoms with Crippen molar-refractivity contribution in [2.75, 3.05) is 6.54 Å². The van der Waals surface area contributed by atoms with Gasteiger partial charge in [-0.05, 0) is 32.9 Å². The van der Waals surface area contributed by atoms with Gasteiger partial charge in [0.1, 0.15) is 5.78 Å². The van der Waals surface area contributed by atoms with Gasteiger partial charge in [0.2, 0.25) is 0 Å². The van der Waals surface area contributed by atoms with Crippen LogP contribution >= 0.6 is 0 Å². The molecule has 1 aromatic rings. The fourth-order valence-electron chi connectivity index (χ4n) is 2.52. The lowest BCUT2D eigenvalue weighted by molar-refractivity contribution is -0.122. The van der Waals surface area contributed by atoms with Crippen LogP contribution in [-0.4, -0.2) is 23.3 Å². The fourth-order valence-corrected chi connectivity index (χ4v) is 2.52. The summed E-state index contributed by atoms with van der Waals surface area (Å²) >= 11 is 0. The molecular formula is C16H25NO.